The topological polar surface area (TPSA) is 64.7 Å². The normalized spacial score (nSPS) is 23.0. The Balaban J connectivity index is 2.22. The number of alkyl halides is 3. The molecule has 1 aliphatic heterocycles. The van der Waals surface area contributed by atoms with E-state index in [2.05, 4.69) is 5.16 Å². The van der Waals surface area contributed by atoms with Crippen LogP contribution in [0.1, 0.15) is 16.7 Å². The van der Waals surface area contributed by atoms with Crippen LogP contribution < -0.4 is 0 Å². The quantitative estimate of drug-likeness (QED) is 0.624. The minimum Gasteiger partial charge on any atom is -0.366 e. The van der Waals surface area contributed by atoms with Crippen LogP contribution >= 0.6 is 0 Å². The maximum atomic E-state index is 14.0. The van der Waals surface area contributed by atoms with Crippen LogP contribution in [0.25, 0.3) is 0 Å². The van der Waals surface area contributed by atoms with Crippen molar-refractivity contribution in [3.63, 3.8) is 0 Å². The predicted molar refractivity (Wildman–Crippen MR) is 83.8 cm³/mol. The molecule has 1 heterocycles. The van der Waals surface area contributed by atoms with Gasteiger partial charge in [-0.3, -0.25) is 10.1 Å². The van der Waals surface area contributed by atoms with Crippen molar-refractivity contribution in [2.24, 2.45) is 5.16 Å². The molecule has 0 unspecified atom stereocenters. The van der Waals surface area contributed by atoms with Gasteiger partial charge in [0.15, 0.2) is 5.71 Å². The van der Waals surface area contributed by atoms with Crippen LogP contribution in [0.5, 0.6) is 0 Å². The molecule has 0 spiro atoms. The largest absolute Gasteiger partial charge is 0.443 e. The molecule has 5 nitrogen and oxygen atoms in total. The number of nitrogens with zero attached hydrogens (tertiary/aromatic N) is 2. The van der Waals surface area contributed by atoms with Gasteiger partial charge in [-0.2, -0.15) is 13.2 Å². The summed E-state index contributed by atoms with van der Waals surface area (Å²) in [6, 6.07) is 10.9. The van der Waals surface area contributed by atoms with E-state index in [1.165, 1.54) is 30.3 Å². The van der Waals surface area contributed by atoms with Crippen molar-refractivity contribution in [1.82, 2.24) is 0 Å². The summed E-state index contributed by atoms with van der Waals surface area (Å²) in [7, 11) is 0. The molecule has 0 aromatic heterocycles. The van der Waals surface area contributed by atoms with Crippen LogP contribution in [0.3, 0.4) is 0 Å². The van der Waals surface area contributed by atoms with E-state index in [9.17, 15) is 23.3 Å². The number of nitro groups is 1. The summed E-state index contributed by atoms with van der Waals surface area (Å²) < 4.78 is 42.1. The minimum atomic E-state index is -5.04. The van der Waals surface area contributed by atoms with E-state index in [4.69, 9.17) is 4.84 Å². The van der Waals surface area contributed by atoms with Gasteiger partial charge < -0.3 is 4.84 Å². The number of oxime groups is 1. The number of halogens is 3. The molecule has 1 aliphatic rings. The first kappa shape index (κ1) is 16.9. The highest BCUT2D eigenvalue weighted by Crippen LogP contribution is 2.49. The van der Waals surface area contributed by atoms with Crippen molar-refractivity contribution in [3.05, 3.63) is 81.4 Å². The molecule has 2 aromatic carbocycles. The molecule has 0 aliphatic carbocycles. The second-order valence-corrected chi connectivity index (χ2v) is 5.72. The Bertz CT molecular complexity index is 837. The monoisotopic (exact) mass is 350 g/mol. The van der Waals surface area contributed by atoms with E-state index in [0.717, 1.165) is 0 Å². The third kappa shape index (κ3) is 2.63. The van der Waals surface area contributed by atoms with Gasteiger partial charge in [-0.15, -0.1) is 0 Å². The Labute approximate surface area is 140 Å². The number of hydrogen-bond acceptors (Lipinski definition) is 4. The smallest absolute Gasteiger partial charge is 0.366 e. The SMILES string of the molecule is Cc1cccc([C@]2(C(F)(F)F)ON=C(c3ccccc3)[C@@H]2[N+](=O)[O-])c1. The van der Waals surface area contributed by atoms with Gasteiger partial charge in [0.05, 0.1) is 0 Å². The van der Waals surface area contributed by atoms with Gasteiger partial charge in [0, 0.05) is 16.1 Å². The Morgan fingerprint density at radius 3 is 2.40 bits per heavy atom. The van der Waals surface area contributed by atoms with E-state index < -0.39 is 22.7 Å². The van der Waals surface area contributed by atoms with Crippen molar-refractivity contribution in [3.8, 4) is 0 Å². The molecule has 0 N–H and O–H groups in total. The lowest BCUT2D eigenvalue weighted by atomic mass is 9.81. The van der Waals surface area contributed by atoms with Crippen molar-refractivity contribution in [2.45, 2.75) is 24.7 Å². The predicted octanol–water partition coefficient (Wildman–Crippen LogP) is 3.83. The Morgan fingerprint density at radius 2 is 1.84 bits per heavy atom. The van der Waals surface area contributed by atoms with Crippen molar-refractivity contribution >= 4 is 5.71 Å². The highest BCUT2D eigenvalue weighted by molar-refractivity contribution is 6.05. The van der Waals surface area contributed by atoms with E-state index >= 15 is 0 Å². The van der Waals surface area contributed by atoms with Gasteiger partial charge in [0.25, 0.3) is 0 Å². The lowest BCUT2D eigenvalue weighted by Crippen LogP contribution is -2.55. The van der Waals surface area contributed by atoms with E-state index in [1.807, 2.05) is 0 Å². The molecular formula is C17H13F3N2O3. The average Bonchev–Trinajstić information content (AvgIpc) is 2.97. The van der Waals surface area contributed by atoms with E-state index in [0.29, 0.717) is 5.56 Å². The van der Waals surface area contributed by atoms with Gasteiger partial charge in [0.1, 0.15) is 0 Å². The molecule has 2 atom stereocenters. The molecule has 0 amide bonds. The summed E-state index contributed by atoms with van der Waals surface area (Å²) in [6.07, 6.45) is -5.04. The first-order chi connectivity index (χ1) is 11.8. The number of aryl methyl sites for hydroxylation is 1. The Kier molecular flexibility index (Phi) is 3.98. The van der Waals surface area contributed by atoms with Crippen molar-refractivity contribution in [1.29, 1.82) is 0 Å². The first-order valence-electron chi connectivity index (χ1n) is 7.36. The molecular weight excluding hydrogens is 337 g/mol. The molecule has 0 bridgehead atoms. The van der Waals surface area contributed by atoms with Crippen LogP contribution in [0, 0.1) is 17.0 Å². The van der Waals surface area contributed by atoms with Crippen LogP contribution in [0.2, 0.25) is 0 Å². The maximum Gasteiger partial charge on any atom is 0.443 e. The van der Waals surface area contributed by atoms with Crippen LogP contribution in [0.15, 0.2) is 59.8 Å². The highest BCUT2D eigenvalue weighted by atomic mass is 19.4. The summed E-state index contributed by atoms with van der Waals surface area (Å²) in [5.41, 5.74) is -3.14. The second kappa shape index (κ2) is 5.87. The molecule has 2 aromatic rings. The molecule has 0 fully saturated rings. The van der Waals surface area contributed by atoms with Gasteiger partial charge in [-0.1, -0.05) is 65.3 Å². The molecule has 0 radical (unpaired) electrons. The van der Waals surface area contributed by atoms with Crippen molar-refractivity contribution < 1.29 is 22.9 Å². The first-order valence-corrected chi connectivity index (χ1v) is 7.36. The van der Waals surface area contributed by atoms with Crippen LogP contribution in [0.4, 0.5) is 13.2 Å². The van der Waals surface area contributed by atoms with Crippen LogP contribution in [-0.4, -0.2) is 22.9 Å². The third-order valence-electron chi connectivity index (χ3n) is 4.08. The fourth-order valence-electron chi connectivity index (χ4n) is 2.94. The summed E-state index contributed by atoms with van der Waals surface area (Å²) in [5.74, 6) is 0. The third-order valence-corrected chi connectivity index (χ3v) is 4.08. The number of hydrogen-bond donors (Lipinski definition) is 0. The number of rotatable bonds is 3. The fraction of sp³-hybridized carbons (Fsp3) is 0.235. The van der Waals surface area contributed by atoms with Crippen LogP contribution in [-0.2, 0) is 10.4 Å². The molecule has 0 saturated heterocycles. The lowest BCUT2D eigenvalue weighted by molar-refractivity contribution is -0.540. The summed E-state index contributed by atoms with van der Waals surface area (Å²) >= 11 is 0. The molecule has 8 heteroatoms. The second-order valence-electron chi connectivity index (χ2n) is 5.72. The number of benzene rings is 2. The van der Waals surface area contributed by atoms with Crippen molar-refractivity contribution in [2.75, 3.05) is 0 Å². The van der Waals surface area contributed by atoms with Gasteiger partial charge >= 0.3 is 17.8 Å². The molecule has 3 rings (SSSR count). The zero-order chi connectivity index (χ0) is 18.2. The maximum absolute atomic E-state index is 14.0. The minimum absolute atomic E-state index is 0.211. The standard InChI is InChI=1S/C17H13F3N2O3/c1-11-6-5-9-13(10-11)16(17(18,19)20)15(22(23)24)14(21-25-16)12-7-3-2-4-8-12/h2-10,15H,1H3/t15-,16-/m0/s1. The molecule has 0 saturated carbocycles. The van der Waals surface area contributed by atoms with E-state index in [-0.39, 0.29) is 16.8 Å². The Morgan fingerprint density at radius 1 is 1.16 bits per heavy atom. The molecule has 25 heavy (non-hydrogen) atoms. The zero-order valence-electron chi connectivity index (χ0n) is 13.0. The highest BCUT2D eigenvalue weighted by Gasteiger charge is 2.74. The van der Waals surface area contributed by atoms with Gasteiger partial charge in [0.2, 0.25) is 0 Å². The zero-order valence-corrected chi connectivity index (χ0v) is 13.0. The summed E-state index contributed by atoms with van der Waals surface area (Å²) in [5, 5.41) is 15.1. The van der Waals surface area contributed by atoms with E-state index in [1.54, 1.807) is 31.2 Å². The van der Waals surface area contributed by atoms with Gasteiger partial charge in [-0.05, 0) is 6.92 Å². The Hall–Kier alpha value is -2.90. The molecule has 130 valence electrons. The summed E-state index contributed by atoms with van der Waals surface area (Å²) in [4.78, 5) is 15.5. The lowest BCUT2D eigenvalue weighted by Gasteiger charge is -2.30. The average molecular weight is 350 g/mol. The summed E-state index contributed by atoms with van der Waals surface area (Å²) in [6.45, 7) is 1.60. The fourth-order valence-corrected chi connectivity index (χ4v) is 2.94. The van der Waals surface area contributed by atoms with Gasteiger partial charge in [-0.25, -0.2) is 0 Å².